The van der Waals surface area contributed by atoms with Crippen LogP contribution in [0.15, 0.2) is 41.3 Å². The number of halogens is 3. The van der Waals surface area contributed by atoms with Gasteiger partial charge in [0.1, 0.15) is 6.54 Å². The van der Waals surface area contributed by atoms with E-state index >= 15 is 0 Å². The van der Waals surface area contributed by atoms with E-state index in [4.69, 9.17) is 0 Å². The van der Waals surface area contributed by atoms with Crippen LogP contribution in [0.3, 0.4) is 0 Å². The van der Waals surface area contributed by atoms with E-state index in [0.717, 1.165) is 25.2 Å². The fourth-order valence-electron chi connectivity index (χ4n) is 4.10. The molecule has 7 nitrogen and oxygen atoms in total. The Morgan fingerprint density at radius 3 is 2.60 bits per heavy atom. The van der Waals surface area contributed by atoms with Gasteiger partial charge in [-0.3, -0.25) is 14.3 Å². The van der Waals surface area contributed by atoms with Gasteiger partial charge >= 0.3 is 11.9 Å². The maximum atomic E-state index is 13.0. The Bertz CT molecular complexity index is 1200. The Kier molecular flexibility index (Phi) is 4.04. The van der Waals surface area contributed by atoms with Crippen LogP contribution in [0.25, 0.3) is 22.3 Å². The molecule has 0 radical (unpaired) electrons. The highest BCUT2D eigenvalue weighted by Crippen LogP contribution is 2.34. The Hall–Kier alpha value is -3.14. The molecule has 1 aromatic carbocycles. The van der Waals surface area contributed by atoms with Gasteiger partial charge < -0.3 is 10.2 Å². The van der Waals surface area contributed by atoms with Crippen molar-refractivity contribution >= 4 is 17.1 Å². The molecule has 0 aliphatic carbocycles. The molecular weight excluding hydrogens is 399 g/mol. The number of rotatable bonds is 3. The van der Waals surface area contributed by atoms with E-state index in [-0.39, 0.29) is 23.5 Å². The Labute approximate surface area is 168 Å². The van der Waals surface area contributed by atoms with Crippen molar-refractivity contribution in [1.82, 2.24) is 24.8 Å². The van der Waals surface area contributed by atoms with Crippen molar-refractivity contribution in [2.24, 2.45) is 5.41 Å². The molecule has 0 bridgehead atoms. The van der Waals surface area contributed by atoms with Crippen molar-refractivity contribution in [2.75, 3.05) is 26.2 Å². The van der Waals surface area contributed by atoms with Crippen LogP contribution in [0.1, 0.15) is 5.56 Å². The highest BCUT2D eigenvalue weighted by Gasteiger charge is 2.49. The van der Waals surface area contributed by atoms with Crippen LogP contribution in [0.5, 0.6) is 0 Å². The molecule has 10 heteroatoms. The summed E-state index contributed by atoms with van der Waals surface area (Å²) in [5, 5.41) is 3.20. The van der Waals surface area contributed by atoms with E-state index in [0.29, 0.717) is 29.7 Å². The summed E-state index contributed by atoms with van der Waals surface area (Å²) in [6, 6.07) is 6.49. The molecule has 156 valence electrons. The number of aromatic nitrogens is 3. The Balaban J connectivity index is 1.45. The monoisotopic (exact) mass is 417 g/mol. The topological polar surface area (TPSA) is 83.0 Å². The average Bonchev–Trinajstić information content (AvgIpc) is 2.93. The smallest absolute Gasteiger partial charge is 0.340 e. The SMILES string of the molecule is O=C(Cn1c(=O)[nH]c2ncc(-c3cccc(C(F)(F)F)c3)cc21)N1CC2(CNC2)C1. The highest BCUT2D eigenvalue weighted by molar-refractivity contribution is 5.82. The molecule has 2 saturated heterocycles. The zero-order valence-electron chi connectivity index (χ0n) is 15.8. The number of hydrogen-bond donors (Lipinski definition) is 2. The van der Waals surface area contributed by atoms with E-state index in [2.05, 4.69) is 15.3 Å². The van der Waals surface area contributed by atoms with E-state index in [1.54, 1.807) is 17.0 Å². The van der Waals surface area contributed by atoms with Crippen LogP contribution in [-0.2, 0) is 17.5 Å². The first-order valence-corrected chi connectivity index (χ1v) is 9.49. The minimum atomic E-state index is -4.46. The number of fused-ring (bicyclic) bond motifs is 1. The molecule has 1 spiro atoms. The predicted molar refractivity (Wildman–Crippen MR) is 103 cm³/mol. The number of amides is 1. The molecular formula is C20H18F3N5O2. The van der Waals surface area contributed by atoms with Gasteiger partial charge in [0.15, 0.2) is 5.65 Å². The first-order chi connectivity index (χ1) is 14.2. The summed E-state index contributed by atoms with van der Waals surface area (Å²) in [5.41, 5.74) is 0.353. The first kappa shape index (κ1) is 18.9. The molecule has 5 rings (SSSR count). The fraction of sp³-hybridized carbons (Fsp3) is 0.350. The van der Waals surface area contributed by atoms with Crippen LogP contribution in [0.4, 0.5) is 13.2 Å². The Morgan fingerprint density at radius 1 is 1.17 bits per heavy atom. The summed E-state index contributed by atoms with van der Waals surface area (Å²) in [6.07, 6.45) is -3.05. The van der Waals surface area contributed by atoms with Crippen LogP contribution >= 0.6 is 0 Å². The molecule has 2 aliphatic rings. The van der Waals surface area contributed by atoms with Crippen molar-refractivity contribution < 1.29 is 18.0 Å². The van der Waals surface area contributed by atoms with Crippen LogP contribution in [0, 0.1) is 5.41 Å². The van der Waals surface area contributed by atoms with Gasteiger partial charge in [0, 0.05) is 43.4 Å². The molecule has 1 amide bonds. The third kappa shape index (κ3) is 3.07. The van der Waals surface area contributed by atoms with Gasteiger partial charge in [-0.1, -0.05) is 12.1 Å². The lowest BCUT2D eigenvalue weighted by Gasteiger charge is -2.56. The largest absolute Gasteiger partial charge is 0.416 e. The number of pyridine rings is 1. The number of imidazole rings is 1. The summed E-state index contributed by atoms with van der Waals surface area (Å²) < 4.78 is 40.4. The maximum absolute atomic E-state index is 13.0. The summed E-state index contributed by atoms with van der Waals surface area (Å²) in [4.78, 5) is 33.5. The van der Waals surface area contributed by atoms with E-state index in [1.165, 1.54) is 16.8 Å². The number of H-pyrrole nitrogens is 1. The van der Waals surface area contributed by atoms with Gasteiger partial charge in [0.2, 0.25) is 5.91 Å². The van der Waals surface area contributed by atoms with Gasteiger partial charge in [-0.05, 0) is 23.8 Å². The number of hydrogen-bond acceptors (Lipinski definition) is 4. The standard InChI is InChI=1S/C20H18F3N5O2/c21-20(22,23)14-3-1-2-12(4-14)13-5-15-17(25-6-13)26-18(30)28(15)7-16(29)27-10-19(11-27)8-24-9-19/h1-6,24H,7-11H2,(H,25,26,30). The van der Waals surface area contributed by atoms with Crippen LogP contribution in [-0.4, -0.2) is 51.5 Å². The van der Waals surface area contributed by atoms with Gasteiger partial charge in [0.05, 0.1) is 11.1 Å². The molecule has 2 N–H and O–H groups in total. The molecule has 4 heterocycles. The zero-order valence-corrected chi connectivity index (χ0v) is 15.8. The zero-order chi connectivity index (χ0) is 21.1. The molecule has 3 aromatic rings. The lowest BCUT2D eigenvalue weighted by molar-refractivity contribution is -0.147. The molecule has 2 aromatic heterocycles. The number of nitrogens with zero attached hydrogens (tertiary/aromatic N) is 3. The van der Waals surface area contributed by atoms with E-state index < -0.39 is 17.4 Å². The quantitative estimate of drug-likeness (QED) is 0.682. The van der Waals surface area contributed by atoms with Crippen LogP contribution in [0.2, 0.25) is 0 Å². The summed E-state index contributed by atoms with van der Waals surface area (Å²) in [6.45, 7) is 2.99. The number of aromatic amines is 1. The third-order valence-electron chi connectivity index (χ3n) is 5.85. The number of carbonyl (C=O) groups is 1. The third-order valence-corrected chi connectivity index (χ3v) is 5.85. The minimum absolute atomic E-state index is 0.143. The summed E-state index contributed by atoms with van der Waals surface area (Å²) >= 11 is 0. The van der Waals surface area contributed by atoms with Gasteiger partial charge in [-0.15, -0.1) is 0 Å². The van der Waals surface area contributed by atoms with Crippen LogP contribution < -0.4 is 11.0 Å². The number of benzene rings is 1. The molecule has 30 heavy (non-hydrogen) atoms. The molecule has 0 unspecified atom stereocenters. The van der Waals surface area contributed by atoms with Gasteiger partial charge in [-0.25, -0.2) is 9.78 Å². The molecule has 0 atom stereocenters. The fourth-order valence-corrected chi connectivity index (χ4v) is 4.10. The number of carbonyl (C=O) groups excluding carboxylic acids is 1. The normalized spacial score (nSPS) is 17.8. The lowest BCUT2D eigenvalue weighted by atomic mass is 9.74. The second-order valence-corrected chi connectivity index (χ2v) is 8.04. The predicted octanol–water partition coefficient (Wildman–Crippen LogP) is 1.84. The van der Waals surface area contributed by atoms with Crippen molar-refractivity contribution in [2.45, 2.75) is 12.7 Å². The van der Waals surface area contributed by atoms with E-state index in [1.807, 2.05) is 0 Å². The minimum Gasteiger partial charge on any atom is -0.340 e. The van der Waals surface area contributed by atoms with Gasteiger partial charge in [-0.2, -0.15) is 13.2 Å². The molecule has 2 aliphatic heterocycles. The number of nitrogens with one attached hydrogen (secondary N) is 2. The molecule has 2 fully saturated rings. The molecule has 0 saturated carbocycles. The Morgan fingerprint density at radius 2 is 1.93 bits per heavy atom. The summed E-state index contributed by atoms with van der Waals surface area (Å²) in [5.74, 6) is -0.167. The van der Waals surface area contributed by atoms with Crippen molar-refractivity contribution in [3.63, 3.8) is 0 Å². The average molecular weight is 417 g/mol. The summed E-state index contributed by atoms with van der Waals surface area (Å²) in [7, 11) is 0. The van der Waals surface area contributed by atoms with Crippen molar-refractivity contribution in [1.29, 1.82) is 0 Å². The highest BCUT2D eigenvalue weighted by atomic mass is 19.4. The van der Waals surface area contributed by atoms with E-state index in [9.17, 15) is 22.8 Å². The number of likely N-dealkylation sites (tertiary alicyclic amines) is 1. The lowest BCUT2D eigenvalue weighted by Crippen LogP contribution is -2.72. The van der Waals surface area contributed by atoms with Crippen molar-refractivity contribution in [3.05, 3.63) is 52.6 Å². The number of alkyl halides is 3. The van der Waals surface area contributed by atoms with Crippen molar-refractivity contribution in [3.8, 4) is 11.1 Å². The second kappa shape index (κ2) is 6.43. The first-order valence-electron chi connectivity index (χ1n) is 9.49. The van der Waals surface area contributed by atoms with Gasteiger partial charge in [0.25, 0.3) is 0 Å². The second-order valence-electron chi connectivity index (χ2n) is 8.04. The maximum Gasteiger partial charge on any atom is 0.416 e.